The minimum Gasteiger partial charge on any atom is -0.211 e. The second-order valence-electron chi connectivity index (χ2n) is 5.68. The summed E-state index contributed by atoms with van der Waals surface area (Å²) in [5.74, 6) is 0. The molecule has 0 bridgehead atoms. The molecule has 0 radical (unpaired) electrons. The third-order valence-electron chi connectivity index (χ3n) is 4.27. The maximum absolute atomic E-state index is 10.9. The van der Waals surface area contributed by atoms with Gasteiger partial charge < -0.3 is 0 Å². The van der Waals surface area contributed by atoms with Crippen LogP contribution in [0.5, 0.6) is 0 Å². The van der Waals surface area contributed by atoms with Crippen LogP contribution < -0.4 is 0 Å². The Labute approximate surface area is 134 Å². The lowest BCUT2D eigenvalue weighted by molar-refractivity contribution is 0.295. The highest BCUT2D eigenvalue weighted by Gasteiger charge is 2.33. The molecular formula is C17H17N3O3. The average molecular weight is 311 g/mol. The quantitative estimate of drug-likeness (QED) is 0.597. The first-order chi connectivity index (χ1) is 11.2. The molecule has 1 aromatic rings. The minimum absolute atomic E-state index is 0.476. The molecule has 0 spiro atoms. The summed E-state index contributed by atoms with van der Waals surface area (Å²) in [6, 6.07) is 7.26. The van der Waals surface area contributed by atoms with E-state index in [0.29, 0.717) is 12.0 Å². The van der Waals surface area contributed by atoms with E-state index >= 15 is 0 Å². The first kappa shape index (κ1) is 16.7. The van der Waals surface area contributed by atoms with E-state index < -0.39 is 11.7 Å². The van der Waals surface area contributed by atoms with Gasteiger partial charge in [-0.1, -0.05) is 43.5 Å². The largest absolute Gasteiger partial charge is 0.237 e. The van der Waals surface area contributed by atoms with Crippen LogP contribution in [0.4, 0.5) is 0 Å². The molecule has 6 heteroatoms. The van der Waals surface area contributed by atoms with Crippen LogP contribution in [0.3, 0.4) is 0 Å². The van der Waals surface area contributed by atoms with Crippen LogP contribution in [0, 0.1) is 0 Å². The summed E-state index contributed by atoms with van der Waals surface area (Å²) in [7, 11) is 0. The monoisotopic (exact) mass is 311 g/mol. The lowest BCUT2D eigenvalue weighted by atomic mass is 9.77. The summed E-state index contributed by atoms with van der Waals surface area (Å²) >= 11 is 0. The summed E-state index contributed by atoms with van der Waals surface area (Å²) < 4.78 is 0. The maximum atomic E-state index is 10.9. The van der Waals surface area contributed by atoms with E-state index in [1.807, 2.05) is 12.1 Å². The molecule has 0 unspecified atom stereocenters. The van der Waals surface area contributed by atoms with E-state index in [-0.39, 0.29) is 0 Å². The summed E-state index contributed by atoms with van der Waals surface area (Å²) in [6.07, 6.45) is 8.92. The van der Waals surface area contributed by atoms with Crippen molar-refractivity contribution >= 4 is 18.2 Å². The fourth-order valence-electron chi connectivity index (χ4n) is 3.20. The first-order valence-electron chi connectivity index (χ1n) is 7.55. The highest BCUT2D eigenvalue weighted by Crippen LogP contribution is 2.36. The number of hydrogen-bond donors (Lipinski definition) is 0. The van der Waals surface area contributed by atoms with Crippen molar-refractivity contribution in [3.8, 4) is 0 Å². The zero-order valence-corrected chi connectivity index (χ0v) is 12.7. The van der Waals surface area contributed by atoms with Crippen molar-refractivity contribution in [2.75, 3.05) is 0 Å². The molecule has 118 valence electrons. The Morgan fingerprint density at radius 2 is 1.61 bits per heavy atom. The maximum Gasteiger partial charge on any atom is 0.237 e. The van der Waals surface area contributed by atoms with Crippen LogP contribution in [0.25, 0.3) is 0 Å². The molecule has 0 atom stereocenters. The standard InChI is InChI=1S/C17H17N3O3/c21-11-18-16(19-12-22)15-7-3-2-6-14(15)10-17(20-13-23)8-4-1-5-9-17/h2-3,6-7,16H,1,4-5,8-10H2. The molecule has 1 aromatic carbocycles. The van der Waals surface area contributed by atoms with Crippen LogP contribution >= 0.6 is 0 Å². The SMILES string of the molecule is O=C=NC(N=C=O)c1ccccc1CC1(N=C=O)CCCCC1. The molecule has 6 nitrogen and oxygen atoms in total. The average Bonchev–Trinajstić information content (AvgIpc) is 2.56. The molecule has 1 saturated carbocycles. The lowest BCUT2D eigenvalue weighted by Crippen LogP contribution is -2.32. The van der Waals surface area contributed by atoms with Crippen LogP contribution in [0.15, 0.2) is 39.2 Å². The van der Waals surface area contributed by atoms with Gasteiger partial charge in [0.05, 0.1) is 5.54 Å². The molecular weight excluding hydrogens is 294 g/mol. The van der Waals surface area contributed by atoms with Crippen molar-refractivity contribution in [3.05, 3.63) is 35.4 Å². The number of nitrogens with zero attached hydrogens (tertiary/aromatic N) is 3. The van der Waals surface area contributed by atoms with Gasteiger partial charge in [-0.15, -0.1) is 0 Å². The van der Waals surface area contributed by atoms with E-state index in [2.05, 4.69) is 15.0 Å². The molecule has 0 N–H and O–H groups in total. The number of carbonyl (C=O) groups excluding carboxylic acids is 3. The van der Waals surface area contributed by atoms with Crippen molar-refractivity contribution in [2.24, 2.45) is 15.0 Å². The minimum atomic E-state index is -0.956. The molecule has 0 heterocycles. The summed E-state index contributed by atoms with van der Waals surface area (Å²) in [4.78, 5) is 43.2. The van der Waals surface area contributed by atoms with Crippen molar-refractivity contribution in [3.63, 3.8) is 0 Å². The third kappa shape index (κ3) is 4.18. The van der Waals surface area contributed by atoms with Gasteiger partial charge in [-0.05, 0) is 24.8 Å². The van der Waals surface area contributed by atoms with Gasteiger partial charge in [-0.3, -0.25) is 0 Å². The molecule has 2 rings (SSSR count). The fourth-order valence-corrected chi connectivity index (χ4v) is 3.20. The summed E-state index contributed by atoms with van der Waals surface area (Å²) in [5.41, 5.74) is 1.01. The molecule has 0 saturated heterocycles. The van der Waals surface area contributed by atoms with Crippen molar-refractivity contribution in [1.82, 2.24) is 0 Å². The van der Waals surface area contributed by atoms with Gasteiger partial charge in [-0.25, -0.2) is 14.4 Å². The van der Waals surface area contributed by atoms with E-state index in [9.17, 15) is 14.4 Å². The Kier molecular flexibility index (Phi) is 5.90. The van der Waals surface area contributed by atoms with Gasteiger partial charge in [0.1, 0.15) is 0 Å². The molecule has 0 amide bonds. The Balaban J connectivity index is 2.41. The number of benzene rings is 1. The van der Waals surface area contributed by atoms with Gasteiger partial charge in [0.15, 0.2) is 6.17 Å². The van der Waals surface area contributed by atoms with Gasteiger partial charge in [-0.2, -0.15) is 15.0 Å². The van der Waals surface area contributed by atoms with Crippen molar-refractivity contribution in [2.45, 2.75) is 50.2 Å². The van der Waals surface area contributed by atoms with Gasteiger partial charge >= 0.3 is 0 Å². The Morgan fingerprint density at radius 3 is 2.22 bits per heavy atom. The fraction of sp³-hybridized carbons (Fsp3) is 0.471. The Hall–Kier alpha value is -2.64. The van der Waals surface area contributed by atoms with E-state index in [1.165, 1.54) is 12.2 Å². The summed E-state index contributed by atoms with van der Waals surface area (Å²) in [6.45, 7) is 0. The van der Waals surface area contributed by atoms with E-state index in [4.69, 9.17) is 0 Å². The molecule has 1 aliphatic rings. The zero-order chi connectivity index (χ0) is 16.5. The number of hydrogen-bond acceptors (Lipinski definition) is 6. The second-order valence-corrected chi connectivity index (χ2v) is 5.68. The predicted molar refractivity (Wildman–Crippen MR) is 83.1 cm³/mol. The smallest absolute Gasteiger partial charge is 0.211 e. The van der Waals surface area contributed by atoms with Crippen LogP contribution in [0.1, 0.15) is 49.4 Å². The summed E-state index contributed by atoms with van der Waals surface area (Å²) in [5, 5.41) is 0. The second kappa shape index (κ2) is 8.11. The molecule has 1 fully saturated rings. The normalized spacial score (nSPS) is 17.0. The van der Waals surface area contributed by atoms with E-state index in [1.54, 1.807) is 18.2 Å². The molecule has 0 aromatic heterocycles. The highest BCUT2D eigenvalue weighted by molar-refractivity contribution is 5.42. The Morgan fingerprint density at radius 1 is 0.957 bits per heavy atom. The van der Waals surface area contributed by atoms with E-state index in [0.717, 1.165) is 37.7 Å². The highest BCUT2D eigenvalue weighted by atomic mass is 16.1. The third-order valence-corrected chi connectivity index (χ3v) is 4.27. The lowest BCUT2D eigenvalue weighted by Gasteiger charge is -2.33. The van der Waals surface area contributed by atoms with Crippen LogP contribution in [-0.2, 0) is 20.8 Å². The molecule has 1 aliphatic carbocycles. The topological polar surface area (TPSA) is 88.3 Å². The van der Waals surface area contributed by atoms with Gasteiger partial charge in [0.2, 0.25) is 18.2 Å². The predicted octanol–water partition coefficient (Wildman–Crippen LogP) is 2.94. The van der Waals surface area contributed by atoms with Crippen molar-refractivity contribution in [1.29, 1.82) is 0 Å². The number of isocyanates is 3. The Bertz CT molecular complexity index is 673. The molecule has 23 heavy (non-hydrogen) atoms. The molecule has 0 aliphatic heterocycles. The van der Waals surface area contributed by atoms with Gasteiger partial charge in [0, 0.05) is 5.56 Å². The van der Waals surface area contributed by atoms with Gasteiger partial charge in [0.25, 0.3) is 0 Å². The number of rotatable bonds is 6. The van der Waals surface area contributed by atoms with Crippen molar-refractivity contribution < 1.29 is 14.4 Å². The van der Waals surface area contributed by atoms with Crippen LogP contribution in [0.2, 0.25) is 0 Å². The number of aliphatic imine (C=N–C) groups is 3. The van der Waals surface area contributed by atoms with Crippen LogP contribution in [-0.4, -0.2) is 23.8 Å². The first-order valence-corrected chi connectivity index (χ1v) is 7.55. The zero-order valence-electron chi connectivity index (χ0n) is 12.7.